The number of pyridine rings is 1. The summed E-state index contributed by atoms with van der Waals surface area (Å²) in [6, 6.07) is 5.70. The molecule has 0 aliphatic rings. The molecule has 98 valence electrons. The Hall–Kier alpha value is -2.63. The molecule has 0 amide bonds. The molecule has 0 saturated heterocycles. The molecule has 1 heterocycles. The van der Waals surface area contributed by atoms with Gasteiger partial charge < -0.3 is 16.2 Å². The van der Waals surface area contributed by atoms with Crippen LogP contribution in [0.4, 0.5) is 15.8 Å². The zero-order valence-corrected chi connectivity index (χ0v) is 9.97. The van der Waals surface area contributed by atoms with E-state index in [9.17, 15) is 9.18 Å². The van der Waals surface area contributed by atoms with Crippen LogP contribution in [0.25, 0.3) is 0 Å². The first-order chi connectivity index (χ1) is 9.04. The molecule has 1 aromatic heterocycles. The summed E-state index contributed by atoms with van der Waals surface area (Å²) in [6.45, 7) is -0.0711. The third-order valence-electron chi connectivity index (χ3n) is 2.34. The second kappa shape index (κ2) is 5.34. The van der Waals surface area contributed by atoms with E-state index < -0.39 is 11.8 Å². The van der Waals surface area contributed by atoms with Crippen LogP contribution in [0.15, 0.2) is 36.7 Å². The summed E-state index contributed by atoms with van der Waals surface area (Å²) in [4.78, 5) is 15.4. The fourth-order valence-electron chi connectivity index (χ4n) is 1.56. The fourth-order valence-corrected chi connectivity index (χ4v) is 1.56. The van der Waals surface area contributed by atoms with Crippen molar-refractivity contribution in [3.8, 4) is 0 Å². The van der Waals surface area contributed by atoms with Gasteiger partial charge in [-0.15, -0.1) is 0 Å². The number of hydrogen-bond donors (Lipinski definition) is 2. The Balaban J connectivity index is 2.05. The van der Waals surface area contributed by atoms with Crippen LogP contribution in [0.2, 0.25) is 0 Å². The first kappa shape index (κ1) is 12.8. The molecule has 0 saturated carbocycles. The van der Waals surface area contributed by atoms with E-state index in [1.807, 2.05) is 0 Å². The highest BCUT2D eigenvalue weighted by molar-refractivity contribution is 5.91. The summed E-state index contributed by atoms with van der Waals surface area (Å²) in [5.74, 6) is -1.06. The molecule has 2 rings (SSSR count). The van der Waals surface area contributed by atoms with Crippen molar-refractivity contribution in [3.63, 3.8) is 0 Å². The number of esters is 1. The highest BCUT2D eigenvalue weighted by Gasteiger charge is 2.09. The number of halogens is 1. The van der Waals surface area contributed by atoms with Crippen molar-refractivity contribution >= 4 is 17.3 Å². The number of carbonyl (C=O) groups is 1. The number of anilines is 2. The third kappa shape index (κ3) is 3.41. The summed E-state index contributed by atoms with van der Waals surface area (Å²) >= 11 is 0. The van der Waals surface area contributed by atoms with Gasteiger partial charge in [0.05, 0.1) is 11.8 Å². The molecule has 0 fully saturated rings. The van der Waals surface area contributed by atoms with E-state index in [0.717, 1.165) is 6.20 Å². The lowest BCUT2D eigenvalue weighted by Crippen LogP contribution is -2.07. The number of nitrogen functional groups attached to an aromatic ring is 2. The van der Waals surface area contributed by atoms with Gasteiger partial charge in [0, 0.05) is 23.1 Å². The number of benzene rings is 1. The lowest BCUT2D eigenvalue weighted by molar-refractivity contribution is 0.0472. The zero-order chi connectivity index (χ0) is 13.8. The molecule has 6 heteroatoms. The Kier molecular flexibility index (Phi) is 3.61. The quantitative estimate of drug-likeness (QED) is 0.648. The average molecular weight is 261 g/mol. The number of rotatable bonds is 3. The molecule has 4 N–H and O–H groups in total. The van der Waals surface area contributed by atoms with Crippen molar-refractivity contribution in [2.75, 3.05) is 11.5 Å². The molecule has 2 aromatic rings. The highest BCUT2D eigenvalue weighted by atomic mass is 19.1. The van der Waals surface area contributed by atoms with E-state index in [2.05, 4.69) is 4.98 Å². The van der Waals surface area contributed by atoms with E-state index >= 15 is 0 Å². The van der Waals surface area contributed by atoms with Gasteiger partial charge in [-0.2, -0.15) is 0 Å². The molecular weight excluding hydrogens is 249 g/mol. The highest BCUT2D eigenvalue weighted by Crippen LogP contribution is 2.15. The summed E-state index contributed by atoms with van der Waals surface area (Å²) in [6.07, 6.45) is 2.49. The first-order valence-corrected chi connectivity index (χ1v) is 5.47. The summed E-state index contributed by atoms with van der Waals surface area (Å²) in [7, 11) is 0. The van der Waals surface area contributed by atoms with Gasteiger partial charge >= 0.3 is 5.97 Å². The fraction of sp³-hybridized carbons (Fsp3) is 0.0769. The minimum absolute atomic E-state index is 0.0711. The normalized spacial score (nSPS) is 10.2. The van der Waals surface area contributed by atoms with Crippen molar-refractivity contribution in [3.05, 3.63) is 53.6 Å². The van der Waals surface area contributed by atoms with Crippen LogP contribution in [0, 0.1) is 5.82 Å². The van der Waals surface area contributed by atoms with Crippen LogP contribution in [-0.2, 0) is 11.3 Å². The largest absolute Gasteiger partial charge is 0.457 e. The van der Waals surface area contributed by atoms with Gasteiger partial charge in [-0.3, -0.25) is 4.98 Å². The summed E-state index contributed by atoms with van der Waals surface area (Å²) in [5, 5.41) is 0. The molecule has 5 nitrogen and oxygen atoms in total. The molecule has 19 heavy (non-hydrogen) atoms. The van der Waals surface area contributed by atoms with Crippen molar-refractivity contribution < 1.29 is 13.9 Å². The molecular formula is C13H12FN3O2. The van der Waals surface area contributed by atoms with Crippen molar-refractivity contribution in [1.82, 2.24) is 4.98 Å². The maximum absolute atomic E-state index is 12.9. The van der Waals surface area contributed by atoms with Crippen molar-refractivity contribution in [2.45, 2.75) is 6.61 Å². The van der Waals surface area contributed by atoms with Gasteiger partial charge in [-0.05, 0) is 24.3 Å². The van der Waals surface area contributed by atoms with Crippen LogP contribution >= 0.6 is 0 Å². The smallest absolute Gasteiger partial charge is 0.338 e. The van der Waals surface area contributed by atoms with Gasteiger partial charge in [0.25, 0.3) is 0 Å². The lowest BCUT2D eigenvalue weighted by Gasteiger charge is -2.06. The number of carbonyl (C=O) groups excluding carboxylic acids is 1. The number of hydrogen-bond acceptors (Lipinski definition) is 5. The maximum atomic E-state index is 12.9. The van der Waals surface area contributed by atoms with Crippen molar-refractivity contribution in [2.24, 2.45) is 0 Å². The predicted octanol–water partition coefficient (Wildman–Crippen LogP) is 1.74. The zero-order valence-electron chi connectivity index (χ0n) is 9.97. The molecule has 0 bridgehead atoms. The average Bonchev–Trinajstić information content (AvgIpc) is 2.35. The Morgan fingerprint density at radius 3 is 2.47 bits per heavy atom. The van der Waals surface area contributed by atoms with E-state index in [4.69, 9.17) is 16.2 Å². The molecule has 1 aromatic carbocycles. The van der Waals surface area contributed by atoms with Gasteiger partial charge in [-0.1, -0.05) is 0 Å². The topological polar surface area (TPSA) is 91.2 Å². The standard InChI is InChI=1S/C13H12FN3O2/c14-10-1-8(5-17-6-10)7-19-13(18)9-2-11(15)4-12(16)3-9/h1-6H,7,15-16H2. The van der Waals surface area contributed by atoms with Gasteiger partial charge in [-0.25, -0.2) is 9.18 Å². The second-order valence-electron chi connectivity index (χ2n) is 3.98. The van der Waals surface area contributed by atoms with Crippen LogP contribution in [-0.4, -0.2) is 11.0 Å². The molecule has 0 atom stereocenters. The Morgan fingerprint density at radius 2 is 1.84 bits per heavy atom. The predicted molar refractivity (Wildman–Crippen MR) is 68.6 cm³/mol. The van der Waals surface area contributed by atoms with E-state index in [-0.39, 0.29) is 12.2 Å². The minimum Gasteiger partial charge on any atom is -0.457 e. The molecule has 0 aliphatic heterocycles. The van der Waals surface area contributed by atoms with Crippen molar-refractivity contribution in [1.29, 1.82) is 0 Å². The maximum Gasteiger partial charge on any atom is 0.338 e. The van der Waals surface area contributed by atoms with Crippen LogP contribution in [0.1, 0.15) is 15.9 Å². The second-order valence-corrected chi connectivity index (χ2v) is 3.98. The Morgan fingerprint density at radius 1 is 1.16 bits per heavy atom. The van der Waals surface area contributed by atoms with E-state index in [0.29, 0.717) is 16.9 Å². The minimum atomic E-state index is -0.580. The number of ether oxygens (including phenoxy) is 1. The molecule has 0 spiro atoms. The van der Waals surface area contributed by atoms with Gasteiger partial charge in [0.1, 0.15) is 12.4 Å². The Labute approximate surface area is 109 Å². The van der Waals surface area contributed by atoms with Crippen LogP contribution in [0.3, 0.4) is 0 Å². The third-order valence-corrected chi connectivity index (χ3v) is 2.34. The Bertz CT molecular complexity index is 596. The summed E-state index contributed by atoms with van der Waals surface area (Å²) in [5.41, 5.74) is 12.6. The van der Waals surface area contributed by atoms with Gasteiger partial charge in [0.15, 0.2) is 0 Å². The van der Waals surface area contributed by atoms with Crippen LogP contribution < -0.4 is 11.5 Å². The van der Waals surface area contributed by atoms with E-state index in [1.54, 1.807) is 0 Å². The van der Waals surface area contributed by atoms with Crippen LogP contribution in [0.5, 0.6) is 0 Å². The van der Waals surface area contributed by atoms with Gasteiger partial charge in [0.2, 0.25) is 0 Å². The summed E-state index contributed by atoms with van der Waals surface area (Å²) < 4.78 is 17.9. The number of nitrogens with two attached hydrogens (primary N) is 2. The van der Waals surface area contributed by atoms with E-state index in [1.165, 1.54) is 30.5 Å². The lowest BCUT2D eigenvalue weighted by atomic mass is 10.2. The SMILES string of the molecule is Nc1cc(N)cc(C(=O)OCc2cncc(F)c2)c1. The first-order valence-electron chi connectivity index (χ1n) is 5.47. The number of aromatic nitrogens is 1. The molecule has 0 aliphatic carbocycles. The number of nitrogens with zero attached hydrogens (tertiary/aromatic N) is 1. The molecule has 0 radical (unpaired) electrons. The monoisotopic (exact) mass is 261 g/mol. The molecule has 0 unspecified atom stereocenters.